The third-order valence-corrected chi connectivity index (χ3v) is 3.45. The molecule has 0 atom stereocenters. The molecule has 0 aromatic heterocycles. The minimum Gasteiger partial charge on any atom is -0.769 e. The smallest absolute Gasteiger partial charge is 0.352 e. The predicted molar refractivity (Wildman–Crippen MR) is 97.1 cm³/mol. The molecule has 0 fully saturated rings. The Hall–Kier alpha value is -3.57. The molecule has 0 radical (unpaired) electrons. The van der Waals surface area contributed by atoms with Gasteiger partial charge in [-0.25, -0.2) is 4.79 Å². The molecule has 0 heterocycles. The molecule has 138 valence electrons. The van der Waals surface area contributed by atoms with Crippen LogP contribution in [0.3, 0.4) is 0 Å². The Bertz CT molecular complexity index is 826. The molecule has 0 aliphatic heterocycles. The summed E-state index contributed by atoms with van der Waals surface area (Å²) < 4.78 is 0. The summed E-state index contributed by atoms with van der Waals surface area (Å²) in [6.45, 7) is 3.21. The van der Waals surface area contributed by atoms with E-state index in [2.05, 4.69) is 21.7 Å². The van der Waals surface area contributed by atoms with E-state index in [0.29, 0.717) is 22.5 Å². The van der Waals surface area contributed by atoms with Gasteiger partial charge in [0.25, 0.3) is 5.69 Å². The molecule has 2 amide bonds. The molecule has 11 heteroatoms. The van der Waals surface area contributed by atoms with Crippen LogP contribution < -0.4 is 26.9 Å². The number of nitro groups is 1. The van der Waals surface area contributed by atoms with Crippen molar-refractivity contribution in [3.05, 3.63) is 68.1 Å². The fourth-order valence-electron chi connectivity index (χ4n) is 2.06. The van der Waals surface area contributed by atoms with E-state index in [9.17, 15) is 25.3 Å². The van der Waals surface area contributed by atoms with Crippen molar-refractivity contribution in [3.63, 3.8) is 0 Å². The topological polar surface area (TPSA) is 158 Å². The summed E-state index contributed by atoms with van der Waals surface area (Å²) in [5.41, 5.74) is 11.1. The Labute approximate surface area is 148 Å². The number of urea groups is 1. The second kappa shape index (κ2) is 8.00. The molecule has 26 heavy (non-hydrogen) atoms. The molecule has 0 saturated heterocycles. The number of carbonyl (C=O) groups is 1. The summed E-state index contributed by atoms with van der Waals surface area (Å²) in [7, 11) is 0. The largest absolute Gasteiger partial charge is 0.769 e. The van der Waals surface area contributed by atoms with Crippen molar-refractivity contribution in [2.24, 2.45) is 0 Å². The van der Waals surface area contributed by atoms with Crippen LogP contribution >= 0.6 is 0 Å². The molecule has 0 aliphatic carbocycles. The number of carbonyl (C=O) groups excluding carboxylic acids is 1. The van der Waals surface area contributed by atoms with E-state index in [1.54, 1.807) is 38.1 Å². The number of nitro benzene ring substituents is 1. The molecule has 2 aromatic rings. The van der Waals surface area contributed by atoms with Crippen LogP contribution in [0.15, 0.2) is 36.4 Å². The number of aryl methyl sites for hydroxylation is 2. The first-order valence-electron chi connectivity index (χ1n) is 7.36. The zero-order chi connectivity index (χ0) is 19.3. The standard InChI is InChI=1S/C15H16N6O5/c1-9-3-5-11(7-13(9)20(23)24)16-18-15(22)19-17-12-6-4-10(2)14(8-12)21(25)26/h3-8,16-17H,1-2H3,(H2,18,19,22)/q-2. The Morgan fingerprint density at radius 1 is 0.962 bits per heavy atom. The van der Waals surface area contributed by atoms with Crippen LogP contribution in [-0.4, -0.2) is 11.0 Å². The molecular weight excluding hydrogens is 344 g/mol. The van der Waals surface area contributed by atoms with Gasteiger partial charge in [0.1, 0.15) is 0 Å². The van der Waals surface area contributed by atoms with E-state index in [-0.39, 0.29) is 11.4 Å². The summed E-state index contributed by atoms with van der Waals surface area (Å²) in [6, 6.07) is 8.10. The lowest BCUT2D eigenvalue weighted by Crippen LogP contribution is -2.41. The normalized spacial score (nSPS) is 10.0. The number of rotatable bonds is 6. The van der Waals surface area contributed by atoms with Gasteiger partial charge in [-0.1, -0.05) is 12.1 Å². The number of nitrogens with zero attached hydrogens (tertiary/aromatic N) is 2. The van der Waals surface area contributed by atoms with E-state index >= 15 is 0 Å². The Morgan fingerprint density at radius 3 is 2.04 bits per heavy atom. The average molecular weight is 360 g/mol. The molecule has 0 aliphatic rings. The number of nitrogens with one attached hydrogen (secondary N) is 4. The van der Waals surface area contributed by atoms with Gasteiger partial charge in [-0.05, 0) is 37.6 Å². The molecule has 0 saturated carbocycles. The van der Waals surface area contributed by atoms with Crippen LogP contribution in [0.2, 0.25) is 0 Å². The summed E-state index contributed by atoms with van der Waals surface area (Å²) in [4.78, 5) is 22.1. The number of hydrazine groups is 2. The van der Waals surface area contributed by atoms with E-state index in [4.69, 9.17) is 0 Å². The molecule has 11 nitrogen and oxygen atoms in total. The maximum Gasteiger partial charge on any atom is 0.352 e. The monoisotopic (exact) mass is 360 g/mol. The molecule has 0 unspecified atom stereocenters. The number of anilines is 3. The summed E-state index contributed by atoms with van der Waals surface area (Å²) in [6.07, 6.45) is 0. The van der Waals surface area contributed by atoms with Gasteiger partial charge in [0, 0.05) is 17.3 Å². The molecular formula is C15H16N6O5-2. The highest BCUT2D eigenvalue weighted by Gasteiger charge is 2.11. The fourth-order valence-corrected chi connectivity index (χ4v) is 2.06. The van der Waals surface area contributed by atoms with E-state index in [1.165, 1.54) is 12.1 Å². The predicted octanol–water partition coefficient (Wildman–Crippen LogP) is 2.67. The molecule has 4 N–H and O–H groups in total. The number of benzene rings is 2. The summed E-state index contributed by atoms with van der Waals surface area (Å²) in [5.74, 6) is 0. The second-order valence-corrected chi connectivity index (χ2v) is 5.35. The van der Waals surface area contributed by atoms with Crippen LogP contribution in [0.25, 0.3) is 0 Å². The van der Waals surface area contributed by atoms with Crippen molar-refractivity contribution < 1.29 is 9.72 Å². The quantitative estimate of drug-likeness (QED) is 0.452. The van der Waals surface area contributed by atoms with Crippen molar-refractivity contribution in [2.45, 2.75) is 13.8 Å². The lowest BCUT2D eigenvalue weighted by molar-refractivity contribution is -0.385. The van der Waals surface area contributed by atoms with Gasteiger partial charge in [-0.3, -0.25) is 31.8 Å². The van der Waals surface area contributed by atoms with Gasteiger partial charge in [0.2, 0.25) is 0 Å². The number of hydrogen-bond acceptors (Lipinski definition) is 8. The third kappa shape index (κ3) is 4.72. The Morgan fingerprint density at radius 2 is 1.50 bits per heavy atom. The lowest BCUT2D eigenvalue weighted by Gasteiger charge is -2.39. The van der Waals surface area contributed by atoms with Crippen LogP contribution in [-0.2, 0) is 0 Å². The van der Waals surface area contributed by atoms with Gasteiger partial charge in [-0.2, -0.15) is 0 Å². The minimum absolute atomic E-state index is 0.0812. The fraction of sp³-hybridized carbons (Fsp3) is 0.133. The van der Waals surface area contributed by atoms with Gasteiger partial charge in [0.05, 0.1) is 16.3 Å². The second-order valence-electron chi connectivity index (χ2n) is 5.35. The van der Waals surface area contributed by atoms with Gasteiger partial charge in [-0.15, -0.1) is 0 Å². The highest BCUT2D eigenvalue weighted by molar-refractivity contribution is 5.77. The van der Waals surface area contributed by atoms with Crippen molar-refractivity contribution in [3.8, 4) is 0 Å². The van der Waals surface area contributed by atoms with E-state index < -0.39 is 16.2 Å². The van der Waals surface area contributed by atoms with Crippen molar-refractivity contribution >= 4 is 28.8 Å². The maximum absolute atomic E-state index is 11.7. The zero-order valence-electron chi connectivity index (χ0n) is 13.9. The molecule has 0 spiro atoms. The van der Waals surface area contributed by atoms with Crippen LogP contribution in [0, 0.1) is 34.4 Å². The molecule has 2 aromatic carbocycles. The molecule has 2 rings (SSSR count). The van der Waals surface area contributed by atoms with Gasteiger partial charge < -0.3 is 15.6 Å². The number of hydrogen-bond donors (Lipinski definition) is 4. The average Bonchev–Trinajstić information content (AvgIpc) is 2.59. The van der Waals surface area contributed by atoms with Crippen LogP contribution in [0.4, 0.5) is 27.5 Å². The van der Waals surface area contributed by atoms with E-state index in [0.717, 1.165) is 0 Å². The summed E-state index contributed by atoms with van der Waals surface area (Å²) in [5, 5.41) is 32.2. The van der Waals surface area contributed by atoms with Crippen molar-refractivity contribution in [1.82, 2.24) is 10.9 Å². The highest BCUT2D eigenvalue weighted by Crippen LogP contribution is 2.23. The van der Waals surface area contributed by atoms with Gasteiger partial charge in [0.15, 0.2) is 0 Å². The third-order valence-electron chi connectivity index (χ3n) is 3.45. The Balaban J connectivity index is 1.91. The molecule has 0 bridgehead atoms. The SMILES string of the molecule is Cc1ccc(NNC(=O)NNc2ccc(C)c([N+](=O)[O-])c2)cc1N([O-])[O-]. The van der Waals surface area contributed by atoms with E-state index in [1.807, 2.05) is 0 Å². The first kappa shape index (κ1) is 18.8. The highest BCUT2D eigenvalue weighted by atomic mass is 16.8. The number of amides is 2. The lowest BCUT2D eigenvalue weighted by atomic mass is 10.2. The first-order valence-corrected chi connectivity index (χ1v) is 7.36. The van der Waals surface area contributed by atoms with Gasteiger partial charge >= 0.3 is 6.03 Å². The maximum atomic E-state index is 11.7. The van der Waals surface area contributed by atoms with Crippen molar-refractivity contribution in [2.75, 3.05) is 16.1 Å². The Kier molecular flexibility index (Phi) is 5.78. The first-order chi connectivity index (χ1) is 12.3. The van der Waals surface area contributed by atoms with Crippen LogP contribution in [0.1, 0.15) is 11.1 Å². The summed E-state index contributed by atoms with van der Waals surface area (Å²) >= 11 is 0. The zero-order valence-corrected chi connectivity index (χ0v) is 13.9. The van der Waals surface area contributed by atoms with Crippen molar-refractivity contribution in [1.29, 1.82) is 0 Å². The minimum atomic E-state index is -0.698. The van der Waals surface area contributed by atoms with Crippen LogP contribution in [0.5, 0.6) is 0 Å².